The quantitative estimate of drug-likeness (QED) is 0.265. The van der Waals surface area contributed by atoms with Gasteiger partial charge in [0.25, 0.3) is 0 Å². The largest absolute Gasteiger partial charge is 0.350 e. The molecule has 3 heteroatoms. The van der Waals surface area contributed by atoms with Gasteiger partial charge in [-0.15, -0.1) is 0 Å². The van der Waals surface area contributed by atoms with Crippen molar-refractivity contribution in [3.05, 3.63) is 120 Å². The molecule has 32 heavy (non-hydrogen) atoms. The van der Waals surface area contributed by atoms with Crippen LogP contribution >= 0.6 is 0 Å². The Labute approximate surface area is 191 Å². The van der Waals surface area contributed by atoms with Crippen LogP contribution in [0.2, 0.25) is 0 Å². The molecule has 1 fully saturated rings. The molecule has 3 aromatic rings. The number of hydrogen-bond donors (Lipinski definition) is 0. The predicted octanol–water partition coefficient (Wildman–Crippen LogP) is 6.75. The van der Waals surface area contributed by atoms with Crippen molar-refractivity contribution in [2.45, 2.75) is 38.0 Å². The van der Waals surface area contributed by atoms with Crippen LogP contribution in [0, 0.1) is 0 Å². The topological polar surface area (TPSA) is 30.8 Å². The number of ether oxygens (including phenoxy) is 2. The van der Waals surface area contributed by atoms with Gasteiger partial charge < -0.3 is 9.47 Å². The Morgan fingerprint density at radius 3 is 1.91 bits per heavy atom. The minimum Gasteiger partial charge on any atom is -0.350 e. The van der Waals surface area contributed by atoms with E-state index in [0.29, 0.717) is 13.2 Å². The summed E-state index contributed by atoms with van der Waals surface area (Å²) in [6.07, 6.45) is 3.65. The molecule has 0 aromatic heterocycles. The van der Waals surface area contributed by atoms with Crippen LogP contribution in [0.15, 0.2) is 108 Å². The Morgan fingerprint density at radius 2 is 1.34 bits per heavy atom. The molecule has 3 aromatic carbocycles. The van der Waals surface area contributed by atoms with Crippen LogP contribution in [0.1, 0.15) is 48.4 Å². The number of benzene rings is 3. The molecule has 1 unspecified atom stereocenters. The molecule has 1 aliphatic heterocycles. The van der Waals surface area contributed by atoms with Crippen molar-refractivity contribution in [3.8, 4) is 0 Å². The molecule has 0 bridgehead atoms. The second-order valence-corrected chi connectivity index (χ2v) is 8.15. The third kappa shape index (κ3) is 6.25. The second-order valence-electron chi connectivity index (χ2n) is 8.15. The Bertz CT molecular complexity index is 952. The lowest BCUT2D eigenvalue weighted by Gasteiger charge is -2.18. The Morgan fingerprint density at radius 1 is 0.812 bits per heavy atom. The van der Waals surface area contributed by atoms with Crippen LogP contribution < -0.4 is 0 Å². The summed E-state index contributed by atoms with van der Waals surface area (Å²) < 4.78 is 11.1. The zero-order chi connectivity index (χ0) is 22.0. The lowest BCUT2D eigenvalue weighted by Crippen LogP contribution is -2.09. The first-order chi connectivity index (χ1) is 15.8. The minimum absolute atomic E-state index is 0.0121. The van der Waals surface area contributed by atoms with E-state index in [-0.39, 0.29) is 12.3 Å². The third-order valence-electron chi connectivity index (χ3n) is 5.71. The second kappa shape index (κ2) is 11.6. The van der Waals surface area contributed by atoms with E-state index >= 15 is 0 Å². The van der Waals surface area contributed by atoms with Gasteiger partial charge in [-0.25, -0.2) is 0 Å². The maximum atomic E-state index is 5.56. The smallest absolute Gasteiger partial charge is 0.157 e. The first-order valence-electron chi connectivity index (χ1n) is 11.4. The monoisotopic (exact) mass is 425 g/mol. The van der Waals surface area contributed by atoms with Crippen LogP contribution in [0.5, 0.6) is 0 Å². The summed E-state index contributed by atoms with van der Waals surface area (Å²) in [4.78, 5) is 5.32. The first-order valence-corrected chi connectivity index (χ1v) is 11.4. The highest BCUT2D eigenvalue weighted by Crippen LogP contribution is 2.29. The van der Waals surface area contributed by atoms with Crippen molar-refractivity contribution < 1.29 is 9.47 Å². The van der Waals surface area contributed by atoms with Gasteiger partial charge in [-0.3, -0.25) is 4.99 Å². The van der Waals surface area contributed by atoms with Gasteiger partial charge in [0, 0.05) is 11.1 Å². The molecule has 0 amide bonds. The van der Waals surface area contributed by atoms with E-state index in [9.17, 15) is 0 Å². The van der Waals surface area contributed by atoms with Crippen molar-refractivity contribution >= 4 is 5.71 Å². The molecule has 0 saturated carbocycles. The van der Waals surface area contributed by atoms with Gasteiger partial charge in [0.05, 0.1) is 25.0 Å². The van der Waals surface area contributed by atoms with E-state index in [4.69, 9.17) is 14.5 Å². The number of hydrogen-bond acceptors (Lipinski definition) is 3. The summed E-state index contributed by atoms with van der Waals surface area (Å²) in [6, 6.07) is 31.4. The normalized spacial score (nSPS) is 14.8. The van der Waals surface area contributed by atoms with E-state index in [1.54, 1.807) is 0 Å². The van der Waals surface area contributed by atoms with E-state index in [2.05, 4.69) is 85.4 Å². The maximum absolute atomic E-state index is 5.56. The van der Waals surface area contributed by atoms with Crippen LogP contribution in [0.3, 0.4) is 0 Å². The van der Waals surface area contributed by atoms with Gasteiger partial charge in [0.1, 0.15) is 0 Å². The van der Waals surface area contributed by atoms with E-state index in [1.807, 2.05) is 12.1 Å². The average molecular weight is 426 g/mol. The fourth-order valence-electron chi connectivity index (χ4n) is 4.04. The molecule has 1 saturated heterocycles. The molecule has 0 radical (unpaired) electrons. The summed E-state index contributed by atoms with van der Waals surface area (Å²) in [5.41, 5.74) is 5.68. The van der Waals surface area contributed by atoms with Gasteiger partial charge in [-0.1, -0.05) is 103 Å². The van der Waals surface area contributed by atoms with Crippen molar-refractivity contribution in [1.82, 2.24) is 0 Å². The fraction of sp³-hybridized carbons (Fsp3) is 0.276. The zero-order valence-electron chi connectivity index (χ0n) is 18.5. The summed E-state index contributed by atoms with van der Waals surface area (Å²) in [6.45, 7) is 5.80. The van der Waals surface area contributed by atoms with Crippen molar-refractivity contribution in [1.29, 1.82) is 0 Å². The lowest BCUT2D eigenvalue weighted by molar-refractivity contribution is -0.0476. The Hall–Kier alpha value is -3.01. The summed E-state index contributed by atoms with van der Waals surface area (Å²) in [5, 5.41) is 0. The zero-order valence-corrected chi connectivity index (χ0v) is 18.5. The van der Waals surface area contributed by atoms with Crippen LogP contribution in [0.4, 0.5) is 0 Å². The van der Waals surface area contributed by atoms with Crippen molar-refractivity contribution in [2.75, 3.05) is 13.2 Å². The Balaban J connectivity index is 1.57. The maximum Gasteiger partial charge on any atom is 0.157 e. The predicted molar refractivity (Wildman–Crippen MR) is 131 cm³/mol. The molecule has 3 nitrogen and oxygen atoms in total. The lowest BCUT2D eigenvalue weighted by atomic mass is 9.95. The van der Waals surface area contributed by atoms with Crippen LogP contribution in [-0.4, -0.2) is 25.2 Å². The molecule has 1 aliphatic rings. The van der Waals surface area contributed by atoms with Gasteiger partial charge in [-0.05, 0) is 31.2 Å². The fourth-order valence-corrected chi connectivity index (χ4v) is 4.04. The highest BCUT2D eigenvalue weighted by molar-refractivity contribution is 6.13. The molecule has 1 heterocycles. The van der Waals surface area contributed by atoms with Crippen molar-refractivity contribution in [2.24, 2.45) is 4.99 Å². The molecule has 0 spiro atoms. The molecule has 0 aliphatic carbocycles. The Kier molecular flexibility index (Phi) is 8.02. The number of aliphatic imine (C=N–C) groups is 1. The highest BCUT2D eigenvalue weighted by Gasteiger charge is 2.17. The van der Waals surface area contributed by atoms with Gasteiger partial charge >= 0.3 is 0 Å². The highest BCUT2D eigenvalue weighted by atomic mass is 16.7. The van der Waals surface area contributed by atoms with Gasteiger partial charge in [0.15, 0.2) is 6.29 Å². The number of rotatable bonds is 10. The molecule has 4 rings (SSSR count). The molecule has 0 N–H and O–H groups in total. The molecular weight excluding hydrogens is 394 g/mol. The molecule has 164 valence electrons. The number of nitrogens with zero attached hydrogens (tertiary/aromatic N) is 1. The third-order valence-corrected chi connectivity index (χ3v) is 5.71. The van der Waals surface area contributed by atoms with E-state index in [0.717, 1.165) is 42.5 Å². The summed E-state index contributed by atoms with van der Waals surface area (Å²) >= 11 is 0. The first kappa shape index (κ1) is 22.2. The minimum atomic E-state index is -0.0477. The molecular formula is C29H31NO2. The molecule has 1 atom stereocenters. The SMILES string of the molecule is C=C(CCCC1OCCO1)CC(N=C(c1ccccc1)c1ccccc1)c1ccccc1. The van der Waals surface area contributed by atoms with E-state index in [1.165, 1.54) is 11.1 Å². The average Bonchev–Trinajstić information content (AvgIpc) is 3.37. The standard InChI is InChI=1S/C29H31NO2/c1-23(12-11-19-28-31-20-21-32-28)22-27(24-13-5-2-6-14-24)30-29(25-15-7-3-8-16-25)26-17-9-4-10-18-26/h2-10,13-18,27-28H,1,11-12,19-22H2. The summed E-state index contributed by atoms with van der Waals surface area (Å²) in [5.74, 6) is 0. The van der Waals surface area contributed by atoms with Crippen molar-refractivity contribution in [3.63, 3.8) is 0 Å². The van der Waals surface area contributed by atoms with E-state index < -0.39 is 0 Å². The van der Waals surface area contributed by atoms with Gasteiger partial charge in [-0.2, -0.15) is 0 Å². The van der Waals surface area contributed by atoms with Gasteiger partial charge in [0.2, 0.25) is 0 Å². The van der Waals surface area contributed by atoms with Crippen LogP contribution in [0.25, 0.3) is 0 Å². The summed E-state index contributed by atoms with van der Waals surface area (Å²) in [7, 11) is 0. The van der Waals surface area contributed by atoms with Crippen LogP contribution in [-0.2, 0) is 9.47 Å².